The highest BCUT2D eigenvalue weighted by atomic mass is 19.1. The monoisotopic (exact) mass is 411 g/mol. The van der Waals surface area contributed by atoms with Crippen molar-refractivity contribution >= 4 is 16.9 Å². The summed E-state index contributed by atoms with van der Waals surface area (Å²) in [6.45, 7) is 0.110. The van der Waals surface area contributed by atoms with Crippen LogP contribution in [0, 0.1) is 17.5 Å². The normalized spacial score (nSPS) is 11.0. The highest BCUT2D eigenvalue weighted by Gasteiger charge is 2.16. The van der Waals surface area contributed by atoms with Gasteiger partial charge in [0, 0.05) is 28.8 Å². The number of carboxylic acid groups (broad SMARTS) is 1. The molecule has 1 heterocycles. The van der Waals surface area contributed by atoms with Crippen molar-refractivity contribution in [2.45, 2.75) is 13.2 Å². The Balaban J connectivity index is 1.64. The highest BCUT2D eigenvalue weighted by Crippen LogP contribution is 2.27. The first kappa shape index (κ1) is 19.6. The van der Waals surface area contributed by atoms with E-state index in [1.807, 2.05) is 0 Å². The summed E-state index contributed by atoms with van der Waals surface area (Å²) in [4.78, 5) is 11.4. The number of halogens is 3. The van der Waals surface area contributed by atoms with Gasteiger partial charge >= 0.3 is 5.97 Å². The Morgan fingerprint density at radius 2 is 1.73 bits per heavy atom. The molecule has 0 atom stereocenters. The lowest BCUT2D eigenvalue weighted by Crippen LogP contribution is -2.05. The first-order valence-electron chi connectivity index (χ1n) is 9.09. The molecule has 0 bridgehead atoms. The van der Waals surface area contributed by atoms with Gasteiger partial charge in [0.05, 0.1) is 17.6 Å². The summed E-state index contributed by atoms with van der Waals surface area (Å²) in [6.07, 6.45) is 1.61. The van der Waals surface area contributed by atoms with Gasteiger partial charge in [0.2, 0.25) is 0 Å². The average molecular weight is 411 g/mol. The number of aromatic nitrogens is 1. The van der Waals surface area contributed by atoms with Gasteiger partial charge in [0.1, 0.15) is 29.8 Å². The van der Waals surface area contributed by atoms with Crippen molar-refractivity contribution in [2.75, 3.05) is 0 Å². The third-order valence-electron chi connectivity index (χ3n) is 4.82. The molecule has 4 rings (SSSR count). The van der Waals surface area contributed by atoms with Gasteiger partial charge in [0.25, 0.3) is 0 Å². The van der Waals surface area contributed by atoms with E-state index in [9.17, 15) is 23.1 Å². The molecule has 4 nitrogen and oxygen atoms in total. The summed E-state index contributed by atoms with van der Waals surface area (Å²) in [5.74, 6) is -2.58. The summed E-state index contributed by atoms with van der Waals surface area (Å²) >= 11 is 0. The Kier molecular flexibility index (Phi) is 5.18. The Hall–Kier alpha value is -3.74. The third kappa shape index (κ3) is 3.74. The molecule has 0 unspecified atom stereocenters. The summed E-state index contributed by atoms with van der Waals surface area (Å²) in [6, 6.07) is 14.2. The van der Waals surface area contributed by atoms with E-state index in [2.05, 4.69) is 0 Å². The van der Waals surface area contributed by atoms with Gasteiger partial charge in [-0.2, -0.15) is 0 Å². The van der Waals surface area contributed by atoms with Crippen LogP contribution in [0.3, 0.4) is 0 Å². The minimum absolute atomic E-state index is 0.0153. The topological polar surface area (TPSA) is 51.5 Å². The van der Waals surface area contributed by atoms with Crippen LogP contribution in [-0.2, 0) is 13.2 Å². The molecule has 4 aromatic rings. The minimum Gasteiger partial charge on any atom is -0.488 e. The molecule has 30 heavy (non-hydrogen) atoms. The number of hydrogen-bond donors (Lipinski definition) is 1. The van der Waals surface area contributed by atoms with Gasteiger partial charge in [-0.15, -0.1) is 0 Å². The maximum absolute atomic E-state index is 14.5. The molecule has 0 amide bonds. The molecule has 0 fully saturated rings. The third-order valence-corrected chi connectivity index (χ3v) is 4.82. The lowest BCUT2D eigenvalue weighted by molar-refractivity contribution is 0.0699. The van der Waals surface area contributed by atoms with Crippen molar-refractivity contribution in [1.29, 1.82) is 0 Å². The average Bonchev–Trinajstić information content (AvgIpc) is 3.13. The molecule has 1 N–H and O–H groups in total. The van der Waals surface area contributed by atoms with Gasteiger partial charge in [-0.05, 0) is 36.4 Å². The fourth-order valence-electron chi connectivity index (χ4n) is 3.35. The van der Waals surface area contributed by atoms with Crippen molar-refractivity contribution in [3.05, 3.63) is 101 Å². The number of carbonyl (C=O) groups is 1. The van der Waals surface area contributed by atoms with Crippen LogP contribution in [0.1, 0.15) is 21.5 Å². The fourth-order valence-corrected chi connectivity index (χ4v) is 3.35. The number of carboxylic acids is 1. The van der Waals surface area contributed by atoms with E-state index in [0.29, 0.717) is 16.7 Å². The Labute approximate surface area is 169 Å². The number of fused-ring (bicyclic) bond motifs is 1. The predicted molar refractivity (Wildman–Crippen MR) is 105 cm³/mol. The molecule has 0 radical (unpaired) electrons. The zero-order valence-corrected chi connectivity index (χ0v) is 15.6. The van der Waals surface area contributed by atoms with Crippen LogP contribution in [0.25, 0.3) is 10.9 Å². The zero-order valence-electron chi connectivity index (χ0n) is 15.6. The first-order chi connectivity index (χ1) is 14.4. The second-order valence-electron chi connectivity index (χ2n) is 6.74. The van der Waals surface area contributed by atoms with Crippen LogP contribution in [-0.4, -0.2) is 15.6 Å². The second kappa shape index (κ2) is 7.94. The van der Waals surface area contributed by atoms with Gasteiger partial charge in [-0.25, -0.2) is 18.0 Å². The van der Waals surface area contributed by atoms with E-state index in [4.69, 9.17) is 4.74 Å². The molecule has 1 aromatic heterocycles. The Morgan fingerprint density at radius 1 is 0.933 bits per heavy atom. The number of ether oxygens (including phenoxy) is 1. The number of benzene rings is 3. The zero-order chi connectivity index (χ0) is 21.3. The maximum Gasteiger partial charge on any atom is 0.336 e. The minimum atomic E-state index is -1.14. The highest BCUT2D eigenvalue weighted by molar-refractivity contribution is 6.03. The molecule has 0 aliphatic rings. The van der Waals surface area contributed by atoms with Crippen molar-refractivity contribution in [1.82, 2.24) is 4.57 Å². The molecule has 0 aliphatic carbocycles. The smallest absolute Gasteiger partial charge is 0.336 e. The van der Waals surface area contributed by atoms with Crippen LogP contribution in [0.4, 0.5) is 13.2 Å². The van der Waals surface area contributed by atoms with Crippen molar-refractivity contribution in [3.63, 3.8) is 0 Å². The molecule has 7 heteroatoms. The lowest BCUT2D eigenvalue weighted by atomic mass is 10.1. The van der Waals surface area contributed by atoms with Crippen LogP contribution in [0.5, 0.6) is 5.75 Å². The molecule has 152 valence electrons. The fraction of sp³-hybridized carbons (Fsp3) is 0.0870. The van der Waals surface area contributed by atoms with Crippen LogP contribution in [0.2, 0.25) is 0 Å². The van der Waals surface area contributed by atoms with Gasteiger partial charge in [-0.1, -0.05) is 18.2 Å². The van der Waals surface area contributed by atoms with E-state index in [1.54, 1.807) is 41.1 Å². The van der Waals surface area contributed by atoms with E-state index in [-0.39, 0.29) is 29.8 Å². The number of nitrogens with zero attached hydrogens (tertiary/aromatic N) is 1. The quantitative estimate of drug-likeness (QED) is 0.463. The standard InChI is InChI=1S/C23H16F3NO3/c24-16-6-5-15(20(26)11-16)13-30-21-4-2-1-3-14(21)12-27-10-9-17-18(23(28)29)7-8-19(25)22(17)27/h1-11H,12-13H2,(H,28,29). The number of hydrogen-bond acceptors (Lipinski definition) is 2. The first-order valence-corrected chi connectivity index (χ1v) is 9.09. The van der Waals surface area contributed by atoms with E-state index in [1.165, 1.54) is 12.1 Å². The molecule has 0 spiro atoms. The molecule has 0 aliphatic heterocycles. The summed E-state index contributed by atoms with van der Waals surface area (Å²) in [5, 5.41) is 9.63. The van der Waals surface area contributed by atoms with Gasteiger partial charge in [-0.3, -0.25) is 0 Å². The van der Waals surface area contributed by atoms with Gasteiger partial charge < -0.3 is 14.4 Å². The lowest BCUT2D eigenvalue weighted by Gasteiger charge is -2.14. The second-order valence-corrected chi connectivity index (χ2v) is 6.74. The Bertz CT molecular complexity index is 1250. The van der Waals surface area contributed by atoms with Crippen molar-refractivity contribution < 1.29 is 27.8 Å². The van der Waals surface area contributed by atoms with E-state index < -0.39 is 23.4 Å². The summed E-state index contributed by atoms with van der Waals surface area (Å²) in [7, 11) is 0. The number of aromatic carboxylic acids is 1. The van der Waals surface area contributed by atoms with Crippen LogP contribution < -0.4 is 4.74 Å². The van der Waals surface area contributed by atoms with E-state index in [0.717, 1.165) is 18.2 Å². The van der Waals surface area contributed by atoms with Crippen LogP contribution >= 0.6 is 0 Å². The summed E-state index contributed by atoms with van der Waals surface area (Å²) < 4.78 is 48.7. The van der Waals surface area contributed by atoms with Gasteiger partial charge in [0.15, 0.2) is 0 Å². The largest absolute Gasteiger partial charge is 0.488 e. The maximum atomic E-state index is 14.5. The summed E-state index contributed by atoms with van der Waals surface area (Å²) in [5.41, 5.74) is 1.09. The molecule has 0 saturated heterocycles. The van der Waals surface area contributed by atoms with Crippen molar-refractivity contribution in [3.8, 4) is 5.75 Å². The molecular formula is C23H16F3NO3. The molecular weight excluding hydrogens is 395 g/mol. The Morgan fingerprint density at radius 3 is 2.50 bits per heavy atom. The molecule has 0 saturated carbocycles. The predicted octanol–water partition coefficient (Wildman–Crippen LogP) is 5.38. The SMILES string of the molecule is O=C(O)c1ccc(F)c2c1ccn2Cc1ccccc1OCc1ccc(F)cc1F. The van der Waals surface area contributed by atoms with E-state index >= 15 is 0 Å². The number of rotatable bonds is 6. The van der Waals surface area contributed by atoms with Crippen LogP contribution in [0.15, 0.2) is 66.9 Å². The van der Waals surface area contributed by atoms with Crippen molar-refractivity contribution in [2.24, 2.45) is 0 Å². The molecule has 3 aromatic carbocycles. The number of para-hydroxylation sites is 1.